The summed E-state index contributed by atoms with van der Waals surface area (Å²) in [5.41, 5.74) is 7.78. The Morgan fingerprint density at radius 2 is 1.38 bits per heavy atom. The Hall–Kier alpha value is -3.64. The fraction of sp³-hybridized carbons (Fsp3) is 0.243. The van der Waals surface area contributed by atoms with E-state index in [-0.39, 0.29) is 0 Å². The predicted molar refractivity (Wildman–Crippen MR) is 160 cm³/mol. The first-order valence-corrected chi connectivity index (χ1v) is 14.0. The van der Waals surface area contributed by atoms with Crippen molar-refractivity contribution in [3.63, 3.8) is 0 Å². The van der Waals surface area contributed by atoms with Crippen LogP contribution in [0.5, 0.6) is 0 Å². The van der Waals surface area contributed by atoms with Gasteiger partial charge < -0.3 is 0 Å². The highest BCUT2D eigenvalue weighted by molar-refractivity contribution is 6.23. The number of benzene rings is 6. The summed E-state index contributed by atoms with van der Waals surface area (Å²) in [4.78, 5) is 0. The second-order valence-corrected chi connectivity index (χ2v) is 11.6. The molecule has 0 bridgehead atoms. The van der Waals surface area contributed by atoms with Crippen molar-refractivity contribution >= 4 is 49.2 Å². The van der Waals surface area contributed by atoms with E-state index in [2.05, 4.69) is 112 Å². The number of hydrogen-bond donors (Lipinski definition) is 0. The summed E-state index contributed by atoms with van der Waals surface area (Å²) in [6, 6.07) is 29.4. The van der Waals surface area contributed by atoms with Crippen LogP contribution >= 0.6 is 0 Å². The first-order valence-electron chi connectivity index (χ1n) is 14.0. The molecule has 4 unspecified atom stereocenters. The highest BCUT2D eigenvalue weighted by Crippen LogP contribution is 2.65. The topological polar surface area (TPSA) is 0 Å². The van der Waals surface area contributed by atoms with Crippen molar-refractivity contribution in [2.24, 2.45) is 11.8 Å². The minimum absolute atomic E-state index is 0.710. The van der Waals surface area contributed by atoms with Gasteiger partial charge in [-0.2, -0.15) is 0 Å². The molecule has 0 nitrogen and oxygen atoms in total. The molecule has 0 spiro atoms. The van der Waals surface area contributed by atoms with E-state index in [9.17, 15) is 0 Å². The van der Waals surface area contributed by atoms with Gasteiger partial charge in [0.1, 0.15) is 0 Å². The van der Waals surface area contributed by atoms with Gasteiger partial charge in [-0.1, -0.05) is 105 Å². The molecule has 0 heterocycles. The molecular weight excluding hydrogens is 444 g/mol. The largest absolute Gasteiger partial charge is 0.0805 e. The van der Waals surface area contributed by atoms with Gasteiger partial charge >= 0.3 is 0 Å². The van der Waals surface area contributed by atoms with Crippen LogP contribution < -0.4 is 0 Å². The summed E-state index contributed by atoms with van der Waals surface area (Å²) in [6.45, 7) is 6.93. The van der Waals surface area contributed by atoms with Crippen LogP contribution in [0, 0.1) is 18.8 Å². The van der Waals surface area contributed by atoms with Crippen LogP contribution in [0.3, 0.4) is 0 Å². The van der Waals surface area contributed by atoms with Crippen molar-refractivity contribution < 1.29 is 0 Å². The smallest absolute Gasteiger partial charge is 0.00240 e. The van der Waals surface area contributed by atoms with Crippen LogP contribution in [0.4, 0.5) is 0 Å². The van der Waals surface area contributed by atoms with E-state index in [1.54, 1.807) is 16.5 Å². The number of allylic oxidation sites excluding steroid dienone is 1. The standard InChI is InChI=1S/C19H18.C18H14/c1-10-3-5-12-7-8-13-6-4-11(2)17-15-9-14(15)16(10)18(12)19(13)17;1-2-12-6-7-15-9-8-13-4-3-5-14-10-11-16(12)18(15)17(13)14/h3-8,10,14-16H,9H2,1-2H3;3-11H,2H2,1H3. The van der Waals surface area contributed by atoms with Crippen LogP contribution in [-0.4, -0.2) is 0 Å². The summed E-state index contributed by atoms with van der Waals surface area (Å²) < 4.78 is 0. The maximum atomic E-state index is 2.43. The zero-order valence-electron chi connectivity index (χ0n) is 21.9. The lowest BCUT2D eigenvalue weighted by atomic mass is 9.70. The molecule has 1 saturated carbocycles. The molecular formula is C37H32. The van der Waals surface area contributed by atoms with Crippen molar-refractivity contribution in [3.8, 4) is 0 Å². The Morgan fingerprint density at radius 1 is 0.703 bits per heavy atom. The van der Waals surface area contributed by atoms with E-state index >= 15 is 0 Å². The zero-order chi connectivity index (χ0) is 24.8. The third kappa shape index (κ3) is 2.96. The molecule has 0 heteroatoms. The predicted octanol–water partition coefficient (Wildman–Crippen LogP) is 10.2. The lowest BCUT2D eigenvalue weighted by Gasteiger charge is -2.34. The van der Waals surface area contributed by atoms with Crippen molar-refractivity contribution in [3.05, 3.63) is 113 Å². The van der Waals surface area contributed by atoms with Crippen molar-refractivity contribution in [2.45, 2.75) is 45.4 Å². The molecule has 0 radical (unpaired) electrons. The highest BCUT2D eigenvalue weighted by atomic mass is 14.5. The van der Waals surface area contributed by atoms with Crippen molar-refractivity contribution in [1.82, 2.24) is 0 Å². The van der Waals surface area contributed by atoms with E-state index in [1.165, 1.54) is 60.8 Å². The Bertz CT molecular complexity index is 1870. The molecule has 1 fully saturated rings. The quantitative estimate of drug-likeness (QED) is 0.207. The first-order chi connectivity index (χ1) is 18.1. The highest BCUT2D eigenvalue weighted by Gasteiger charge is 2.51. The third-order valence-electron chi connectivity index (χ3n) is 9.67. The summed E-state index contributed by atoms with van der Waals surface area (Å²) >= 11 is 0. The van der Waals surface area contributed by atoms with Gasteiger partial charge in [0.05, 0.1) is 0 Å². The monoisotopic (exact) mass is 476 g/mol. The van der Waals surface area contributed by atoms with Crippen LogP contribution in [0.15, 0.2) is 84.9 Å². The van der Waals surface area contributed by atoms with Crippen molar-refractivity contribution in [1.29, 1.82) is 0 Å². The fourth-order valence-electron chi connectivity index (χ4n) is 7.87. The van der Waals surface area contributed by atoms with E-state index < -0.39 is 0 Å². The van der Waals surface area contributed by atoms with Gasteiger partial charge in [0.15, 0.2) is 0 Å². The molecule has 0 aliphatic heterocycles. The minimum atomic E-state index is 0.710. The Balaban J connectivity index is 0.000000117. The van der Waals surface area contributed by atoms with Gasteiger partial charge in [-0.25, -0.2) is 0 Å². The lowest BCUT2D eigenvalue weighted by Crippen LogP contribution is -2.19. The first kappa shape index (κ1) is 21.4. The number of aryl methyl sites for hydroxylation is 2. The van der Waals surface area contributed by atoms with Crippen LogP contribution in [0.1, 0.15) is 59.9 Å². The molecule has 6 aromatic carbocycles. The molecule has 3 aliphatic carbocycles. The summed E-state index contributed by atoms with van der Waals surface area (Å²) in [5, 5.41) is 11.4. The van der Waals surface area contributed by atoms with Crippen LogP contribution in [0.2, 0.25) is 0 Å². The SMILES string of the molecule is CCc1ccc2ccc3cccc4ccc1c2c34.Cc1ccc2ccc3c4c2c1C1CC1C4C(C)C=C3. The molecule has 6 aromatic rings. The molecule has 4 atom stereocenters. The van der Waals surface area contributed by atoms with Gasteiger partial charge in [0.2, 0.25) is 0 Å². The normalized spacial score (nSPS) is 22.9. The average molecular weight is 477 g/mol. The molecule has 0 saturated heterocycles. The molecule has 0 amide bonds. The van der Waals surface area contributed by atoms with E-state index in [0.29, 0.717) is 5.92 Å². The molecule has 3 aliphatic rings. The maximum absolute atomic E-state index is 2.43. The van der Waals surface area contributed by atoms with E-state index in [4.69, 9.17) is 0 Å². The maximum Gasteiger partial charge on any atom is -0.00240 e. The lowest BCUT2D eigenvalue weighted by molar-refractivity contribution is 0.474. The number of fused-ring (bicyclic) bond motifs is 3. The Kier molecular flexibility index (Phi) is 4.45. The summed E-state index contributed by atoms with van der Waals surface area (Å²) in [7, 11) is 0. The van der Waals surface area contributed by atoms with Crippen LogP contribution in [0.25, 0.3) is 49.2 Å². The Morgan fingerprint density at radius 3 is 2.19 bits per heavy atom. The Labute approximate surface area is 219 Å². The summed E-state index contributed by atoms with van der Waals surface area (Å²) in [5.74, 6) is 3.26. The van der Waals surface area contributed by atoms with Gasteiger partial charge in [-0.3, -0.25) is 0 Å². The van der Waals surface area contributed by atoms with Crippen molar-refractivity contribution in [2.75, 3.05) is 0 Å². The van der Waals surface area contributed by atoms with Gasteiger partial charge in [-0.15, -0.1) is 0 Å². The minimum Gasteiger partial charge on any atom is -0.0805 e. The van der Waals surface area contributed by atoms with Gasteiger partial charge in [0, 0.05) is 0 Å². The van der Waals surface area contributed by atoms with Gasteiger partial charge in [0.25, 0.3) is 0 Å². The van der Waals surface area contributed by atoms with E-state index in [0.717, 1.165) is 24.2 Å². The molecule has 0 aromatic heterocycles. The van der Waals surface area contributed by atoms with Gasteiger partial charge in [-0.05, 0) is 114 Å². The zero-order valence-corrected chi connectivity index (χ0v) is 21.9. The van der Waals surface area contributed by atoms with E-state index in [1.807, 2.05) is 0 Å². The summed E-state index contributed by atoms with van der Waals surface area (Å²) in [6.07, 6.45) is 7.28. The number of hydrogen-bond acceptors (Lipinski definition) is 0. The molecule has 9 rings (SSSR count). The number of rotatable bonds is 1. The molecule has 37 heavy (non-hydrogen) atoms. The third-order valence-corrected chi connectivity index (χ3v) is 9.67. The molecule has 0 N–H and O–H groups in total. The van der Waals surface area contributed by atoms with Crippen LogP contribution in [-0.2, 0) is 6.42 Å². The second kappa shape index (κ2) is 7.68. The molecule has 180 valence electrons. The fourth-order valence-corrected chi connectivity index (χ4v) is 7.87. The second-order valence-electron chi connectivity index (χ2n) is 11.6. The average Bonchev–Trinajstić information content (AvgIpc) is 3.73.